The molecule has 0 spiro atoms. The van der Waals surface area contributed by atoms with Gasteiger partial charge in [0.25, 0.3) is 5.03 Å². The van der Waals surface area contributed by atoms with Gasteiger partial charge in [0.05, 0.1) is 11.1 Å². The zero-order chi connectivity index (χ0) is 16.4. The van der Waals surface area contributed by atoms with E-state index in [0.29, 0.717) is 10.7 Å². The molecule has 7 heteroatoms. The lowest BCUT2D eigenvalue weighted by atomic mass is 10.1. The normalized spacial score (nSPS) is 12.2. The average Bonchev–Trinajstić information content (AvgIpc) is 3.06. The van der Waals surface area contributed by atoms with Crippen LogP contribution in [0.3, 0.4) is 0 Å². The molecule has 1 atom stereocenters. The number of anilines is 1. The highest BCUT2D eigenvalue weighted by atomic mass is 32.2. The van der Waals surface area contributed by atoms with E-state index < -0.39 is 11.4 Å². The van der Waals surface area contributed by atoms with Crippen LogP contribution in [0.5, 0.6) is 0 Å². The van der Waals surface area contributed by atoms with E-state index in [1.165, 1.54) is 0 Å². The van der Waals surface area contributed by atoms with Crippen LogP contribution in [0, 0.1) is 0 Å². The van der Waals surface area contributed by atoms with E-state index in [-0.39, 0.29) is 0 Å². The van der Waals surface area contributed by atoms with Gasteiger partial charge in [0.15, 0.2) is 5.65 Å². The van der Waals surface area contributed by atoms with E-state index in [0.717, 1.165) is 22.2 Å². The van der Waals surface area contributed by atoms with Crippen LogP contribution < -0.4 is 4.72 Å². The van der Waals surface area contributed by atoms with Crippen molar-refractivity contribution in [3.05, 3.63) is 67.1 Å². The highest BCUT2D eigenvalue weighted by Crippen LogP contribution is 2.26. The van der Waals surface area contributed by atoms with Crippen LogP contribution in [0.25, 0.3) is 22.2 Å². The Bertz CT molecular complexity index is 959. The number of nitrogens with zero attached hydrogens (tertiary/aromatic N) is 3. The summed E-state index contributed by atoms with van der Waals surface area (Å²) in [5.74, 6) is 0. The van der Waals surface area contributed by atoms with Crippen LogP contribution >= 0.6 is 0 Å². The number of H-pyrrole nitrogens is 1. The smallest absolute Gasteiger partial charge is 0.299 e. The second kappa shape index (κ2) is 6.31. The third-order valence-corrected chi connectivity index (χ3v) is 4.62. The Balaban J connectivity index is 1.71. The number of rotatable bonds is 4. The molecule has 4 aromatic rings. The Labute approximate surface area is 141 Å². The van der Waals surface area contributed by atoms with Crippen molar-refractivity contribution in [2.45, 2.75) is 5.03 Å². The Morgan fingerprint density at radius 3 is 2.67 bits per heavy atom. The molecule has 2 N–H and O–H groups in total. The predicted molar refractivity (Wildman–Crippen MR) is 93.6 cm³/mol. The lowest BCUT2D eigenvalue weighted by Gasteiger charge is -2.09. The minimum absolute atomic E-state index is 0.423. The van der Waals surface area contributed by atoms with E-state index >= 15 is 0 Å². The molecule has 3 heterocycles. The largest absolute Gasteiger partial charge is 0.587 e. The van der Waals surface area contributed by atoms with Crippen molar-refractivity contribution in [1.82, 2.24) is 20.2 Å². The van der Waals surface area contributed by atoms with E-state index in [4.69, 9.17) is 0 Å². The summed E-state index contributed by atoms with van der Waals surface area (Å²) in [7, 11) is 0. The topological polar surface area (TPSA) is 89.5 Å². The van der Waals surface area contributed by atoms with Gasteiger partial charge in [-0.15, -0.1) is 5.10 Å². The number of benzene rings is 1. The first-order valence-corrected chi connectivity index (χ1v) is 8.44. The minimum Gasteiger partial charge on any atom is -0.587 e. The molecule has 0 saturated heterocycles. The molecule has 6 nitrogen and oxygen atoms in total. The molecule has 0 saturated carbocycles. The van der Waals surface area contributed by atoms with Gasteiger partial charge in [-0.25, -0.2) is 9.71 Å². The van der Waals surface area contributed by atoms with Crippen molar-refractivity contribution >= 4 is 28.1 Å². The van der Waals surface area contributed by atoms with Crippen LogP contribution in [-0.2, 0) is 11.4 Å². The quantitative estimate of drug-likeness (QED) is 0.559. The molecule has 0 bridgehead atoms. The van der Waals surface area contributed by atoms with Crippen LogP contribution in [0.15, 0.2) is 72.1 Å². The Hall–Kier alpha value is -2.90. The van der Waals surface area contributed by atoms with E-state index in [1.807, 2.05) is 48.5 Å². The minimum atomic E-state index is -1.49. The molecule has 0 radical (unpaired) electrons. The number of hydrogen-bond acceptors (Lipinski definition) is 5. The molecule has 24 heavy (non-hydrogen) atoms. The monoisotopic (exact) mass is 335 g/mol. The first-order valence-electron chi connectivity index (χ1n) is 7.29. The molecule has 4 rings (SSSR count). The average molecular weight is 335 g/mol. The van der Waals surface area contributed by atoms with Crippen molar-refractivity contribution < 1.29 is 4.55 Å². The highest BCUT2D eigenvalue weighted by molar-refractivity contribution is 7.92. The lowest BCUT2D eigenvalue weighted by Crippen LogP contribution is -2.13. The lowest BCUT2D eigenvalue weighted by molar-refractivity contribution is 0.597. The first-order chi connectivity index (χ1) is 11.8. The number of aromatic amines is 1. The molecule has 0 aliphatic rings. The standard InChI is InChI=1S/C17H13N5OS/c23-24(22-14-6-2-1-3-7-14)17-15-9-13(11-19-16(15)20-21-17)12-5-4-8-18-10-12/h1-11,22H,(H,19,20,21). The van der Waals surface area contributed by atoms with Crippen molar-refractivity contribution in [3.8, 4) is 11.1 Å². The number of para-hydroxylation sites is 1. The SMILES string of the molecule is [O-][S+](Nc1ccccc1)c1n[nH]c2ncc(-c3cccnc3)cc12. The first kappa shape index (κ1) is 14.7. The number of fused-ring (bicyclic) bond motifs is 1. The summed E-state index contributed by atoms with van der Waals surface area (Å²) in [6.45, 7) is 0. The molecule has 0 aliphatic carbocycles. The predicted octanol–water partition coefficient (Wildman–Crippen LogP) is 3.15. The second-order valence-corrected chi connectivity index (χ2v) is 6.26. The van der Waals surface area contributed by atoms with Crippen LogP contribution in [0.1, 0.15) is 0 Å². The molecular weight excluding hydrogens is 322 g/mol. The maximum Gasteiger partial charge on any atom is 0.299 e. The number of aromatic nitrogens is 4. The summed E-state index contributed by atoms with van der Waals surface area (Å²) < 4.78 is 15.6. The van der Waals surface area contributed by atoms with E-state index in [2.05, 4.69) is 24.9 Å². The van der Waals surface area contributed by atoms with Crippen molar-refractivity contribution in [2.75, 3.05) is 4.72 Å². The van der Waals surface area contributed by atoms with Gasteiger partial charge in [-0.2, -0.15) is 0 Å². The Kier molecular flexibility index (Phi) is 3.86. The summed E-state index contributed by atoms with van der Waals surface area (Å²) in [5.41, 5.74) is 3.21. The zero-order valence-electron chi connectivity index (χ0n) is 12.5. The Morgan fingerprint density at radius 1 is 1.00 bits per heavy atom. The molecule has 3 aromatic heterocycles. The van der Waals surface area contributed by atoms with Crippen LogP contribution in [-0.4, -0.2) is 24.7 Å². The molecule has 0 fully saturated rings. The fourth-order valence-corrected chi connectivity index (χ4v) is 3.31. The number of nitrogens with one attached hydrogen (secondary N) is 2. The van der Waals surface area contributed by atoms with Crippen molar-refractivity contribution in [3.63, 3.8) is 0 Å². The van der Waals surface area contributed by atoms with Crippen LogP contribution in [0.4, 0.5) is 5.69 Å². The summed E-state index contributed by atoms with van der Waals surface area (Å²) >= 11 is -1.49. The third-order valence-electron chi connectivity index (χ3n) is 3.54. The third kappa shape index (κ3) is 2.82. The van der Waals surface area contributed by atoms with Gasteiger partial charge in [0, 0.05) is 29.7 Å². The fourth-order valence-electron chi connectivity index (χ4n) is 2.38. The van der Waals surface area contributed by atoms with E-state index in [1.54, 1.807) is 18.6 Å². The zero-order valence-corrected chi connectivity index (χ0v) is 13.3. The summed E-state index contributed by atoms with van der Waals surface area (Å²) in [6, 6.07) is 15.1. The van der Waals surface area contributed by atoms with Crippen molar-refractivity contribution in [1.29, 1.82) is 0 Å². The summed E-state index contributed by atoms with van der Waals surface area (Å²) in [5, 5.41) is 8.13. The van der Waals surface area contributed by atoms with Crippen LogP contribution in [0.2, 0.25) is 0 Å². The van der Waals surface area contributed by atoms with Gasteiger partial charge in [-0.3, -0.25) is 10.1 Å². The fraction of sp³-hybridized carbons (Fsp3) is 0. The van der Waals surface area contributed by atoms with Gasteiger partial charge in [0.1, 0.15) is 11.4 Å². The molecule has 0 aliphatic heterocycles. The Morgan fingerprint density at radius 2 is 1.88 bits per heavy atom. The second-order valence-electron chi connectivity index (χ2n) is 5.13. The molecule has 0 amide bonds. The summed E-state index contributed by atoms with van der Waals surface area (Å²) in [4.78, 5) is 8.48. The van der Waals surface area contributed by atoms with Crippen molar-refractivity contribution in [2.24, 2.45) is 0 Å². The maximum atomic E-state index is 12.6. The summed E-state index contributed by atoms with van der Waals surface area (Å²) in [6.07, 6.45) is 5.23. The highest BCUT2D eigenvalue weighted by Gasteiger charge is 2.21. The van der Waals surface area contributed by atoms with Gasteiger partial charge in [0.2, 0.25) is 0 Å². The maximum absolute atomic E-state index is 12.6. The van der Waals surface area contributed by atoms with Gasteiger partial charge in [-0.1, -0.05) is 24.3 Å². The van der Waals surface area contributed by atoms with Gasteiger partial charge >= 0.3 is 0 Å². The molecule has 118 valence electrons. The van der Waals surface area contributed by atoms with E-state index in [9.17, 15) is 4.55 Å². The number of hydrogen-bond donors (Lipinski definition) is 2. The van der Waals surface area contributed by atoms with Gasteiger partial charge in [-0.05, 0) is 24.3 Å². The molecule has 1 unspecified atom stereocenters. The molecular formula is C17H13N5OS. The molecule has 1 aromatic carbocycles. The number of pyridine rings is 2. The van der Waals surface area contributed by atoms with Gasteiger partial charge < -0.3 is 4.55 Å².